The minimum absolute atomic E-state index is 0.0462. The summed E-state index contributed by atoms with van der Waals surface area (Å²) < 4.78 is 39.1. The molecule has 10 heteroatoms. The maximum Gasteiger partial charge on any atom is 0.290 e. The maximum absolute atomic E-state index is 12.6. The van der Waals surface area contributed by atoms with Crippen molar-refractivity contribution in [2.24, 2.45) is 0 Å². The second-order valence-electron chi connectivity index (χ2n) is 6.51. The van der Waals surface area contributed by atoms with Crippen LogP contribution in [0.2, 0.25) is 0 Å². The summed E-state index contributed by atoms with van der Waals surface area (Å²) in [6.45, 7) is 5.86. The molecule has 0 unspecified atom stereocenters. The van der Waals surface area contributed by atoms with Gasteiger partial charge in [-0.25, -0.2) is 13.4 Å². The lowest BCUT2D eigenvalue weighted by atomic mass is 10.0. The first-order valence-corrected chi connectivity index (χ1v) is 10.7. The number of hydrogen-bond donors (Lipinski definition) is 1. The quantitative estimate of drug-likeness (QED) is 0.699. The van der Waals surface area contributed by atoms with Crippen molar-refractivity contribution in [1.29, 1.82) is 0 Å². The number of nitrogens with zero attached hydrogens (tertiary/aromatic N) is 3. The number of benzene rings is 1. The molecule has 1 aliphatic rings. The SMILES string of the molecule is COc1cc(C)c(-c2nccn2CCS(=O)(=O)N2CCOCC2)cc1C.O=CO. The number of sulfonamides is 1. The number of methoxy groups -OCH3 is 1. The number of rotatable bonds is 6. The molecular weight excluding hydrogens is 398 g/mol. The van der Waals surface area contributed by atoms with Gasteiger partial charge in [0.25, 0.3) is 6.47 Å². The molecule has 1 aliphatic heterocycles. The zero-order chi connectivity index (χ0) is 21.4. The molecule has 0 amide bonds. The van der Waals surface area contributed by atoms with E-state index in [2.05, 4.69) is 4.98 Å². The molecule has 9 nitrogen and oxygen atoms in total. The molecule has 0 aliphatic carbocycles. The number of carbonyl (C=O) groups is 1. The fraction of sp³-hybridized carbons (Fsp3) is 0.474. The van der Waals surface area contributed by atoms with E-state index >= 15 is 0 Å². The predicted molar refractivity (Wildman–Crippen MR) is 109 cm³/mol. The molecule has 2 aromatic rings. The number of ether oxygens (including phenoxy) is 2. The first-order valence-electron chi connectivity index (χ1n) is 9.14. The molecule has 1 N–H and O–H groups in total. The molecule has 2 heterocycles. The Balaban J connectivity index is 0.000000941. The zero-order valence-corrected chi connectivity index (χ0v) is 17.7. The number of hydrogen-bond acceptors (Lipinski definition) is 6. The maximum atomic E-state index is 12.6. The van der Waals surface area contributed by atoms with Gasteiger partial charge in [0.2, 0.25) is 10.0 Å². The molecule has 1 aromatic heterocycles. The average molecular weight is 426 g/mol. The Bertz CT molecular complexity index is 920. The number of carboxylic acid groups (broad SMARTS) is 1. The summed E-state index contributed by atoms with van der Waals surface area (Å²) in [5.74, 6) is 1.65. The van der Waals surface area contributed by atoms with Crippen molar-refractivity contribution in [1.82, 2.24) is 13.9 Å². The first kappa shape index (κ1) is 22.9. The van der Waals surface area contributed by atoms with Crippen LogP contribution in [-0.2, 0) is 26.1 Å². The van der Waals surface area contributed by atoms with E-state index in [-0.39, 0.29) is 12.2 Å². The minimum Gasteiger partial charge on any atom is -0.496 e. The molecule has 3 rings (SSSR count). The van der Waals surface area contributed by atoms with Crippen LogP contribution in [0.5, 0.6) is 5.75 Å². The highest BCUT2D eigenvalue weighted by molar-refractivity contribution is 7.89. The monoisotopic (exact) mass is 425 g/mol. The van der Waals surface area contributed by atoms with E-state index in [4.69, 9.17) is 19.4 Å². The van der Waals surface area contributed by atoms with Crippen LogP contribution in [0.4, 0.5) is 0 Å². The first-order chi connectivity index (χ1) is 13.8. The van der Waals surface area contributed by atoms with Crippen molar-refractivity contribution in [2.75, 3.05) is 39.2 Å². The molecule has 29 heavy (non-hydrogen) atoms. The van der Waals surface area contributed by atoms with Crippen molar-refractivity contribution in [3.63, 3.8) is 0 Å². The normalized spacial score (nSPS) is 14.7. The predicted octanol–water partition coefficient (Wildman–Crippen LogP) is 1.54. The molecule has 0 atom stereocenters. The third-order valence-electron chi connectivity index (χ3n) is 4.65. The number of aromatic nitrogens is 2. The standard InChI is InChI=1S/C18H25N3O4S.CH2O2/c1-14-13-17(24-3)15(2)12-16(14)18-19-4-5-20(18)8-11-26(22,23)21-6-9-25-10-7-21;2-1-3/h4-5,12-13H,6-11H2,1-3H3;1H,(H,2,3). The van der Waals surface area contributed by atoms with Crippen molar-refractivity contribution >= 4 is 16.5 Å². The van der Waals surface area contributed by atoms with Gasteiger partial charge in [-0.2, -0.15) is 4.31 Å². The second-order valence-corrected chi connectivity index (χ2v) is 8.60. The smallest absolute Gasteiger partial charge is 0.290 e. The van der Waals surface area contributed by atoms with Crippen molar-refractivity contribution in [3.05, 3.63) is 35.7 Å². The summed E-state index contributed by atoms with van der Waals surface area (Å²) >= 11 is 0. The van der Waals surface area contributed by atoms with Gasteiger partial charge in [-0.05, 0) is 37.1 Å². The molecule has 1 fully saturated rings. The van der Waals surface area contributed by atoms with Gasteiger partial charge in [-0.15, -0.1) is 0 Å². The number of aryl methyl sites for hydroxylation is 3. The van der Waals surface area contributed by atoms with Crippen LogP contribution in [0.1, 0.15) is 11.1 Å². The number of imidazole rings is 1. The van der Waals surface area contributed by atoms with E-state index in [0.717, 1.165) is 28.3 Å². The second kappa shape index (κ2) is 10.4. The zero-order valence-electron chi connectivity index (χ0n) is 16.9. The van der Waals surface area contributed by atoms with Crippen molar-refractivity contribution < 1.29 is 27.8 Å². The van der Waals surface area contributed by atoms with E-state index in [1.165, 1.54) is 4.31 Å². The summed E-state index contributed by atoms with van der Waals surface area (Å²) in [6.07, 6.45) is 3.53. The lowest BCUT2D eigenvalue weighted by Gasteiger charge is -2.26. The van der Waals surface area contributed by atoms with Gasteiger partial charge in [-0.3, -0.25) is 4.79 Å². The van der Waals surface area contributed by atoms with Gasteiger partial charge in [0.15, 0.2) is 0 Å². The Kier molecular flexibility index (Phi) is 8.18. The highest BCUT2D eigenvalue weighted by Crippen LogP contribution is 2.29. The van der Waals surface area contributed by atoms with Gasteiger partial charge in [0.1, 0.15) is 11.6 Å². The van der Waals surface area contributed by atoms with Crippen LogP contribution in [-0.4, -0.2) is 73.0 Å². The van der Waals surface area contributed by atoms with Crippen LogP contribution >= 0.6 is 0 Å². The molecule has 0 bridgehead atoms. The molecule has 160 valence electrons. The summed E-state index contributed by atoms with van der Waals surface area (Å²) in [5, 5.41) is 6.89. The molecule has 0 radical (unpaired) electrons. The highest BCUT2D eigenvalue weighted by atomic mass is 32.2. The molecule has 0 spiro atoms. The summed E-state index contributed by atoms with van der Waals surface area (Å²) in [7, 11) is -1.65. The summed E-state index contributed by atoms with van der Waals surface area (Å²) in [5.41, 5.74) is 3.04. The Morgan fingerprint density at radius 3 is 2.52 bits per heavy atom. The van der Waals surface area contributed by atoms with Gasteiger partial charge < -0.3 is 19.1 Å². The Morgan fingerprint density at radius 2 is 1.90 bits per heavy atom. The van der Waals surface area contributed by atoms with Crippen LogP contribution in [0, 0.1) is 13.8 Å². The van der Waals surface area contributed by atoms with Gasteiger partial charge in [0.05, 0.1) is 26.1 Å². The van der Waals surface area contributed by atoms with Crippen molar-refractivity contribution in [2.45, 2.75) is 20.4 Å². The fourth-order valence-corrected chi connectivity index (χ4v) is 4.54. The molecule has 0 saturated carbocycles. The van der Waals surface area contributed by atoms with Crippen LogP contribution in [0.15, 0.2) is 24.5 Å². The van der Waals surface area contributed by atoms with Crippen LogP contribution in [0.25, 0.3) is 11.4 Å². The van der Waals surface area contributed by atoms with Crippen LogP contribution in [0.3, 0.4) is 0 Å². The summed E-state index contributed by atoms with van der Waals surface area (Å²) in [6, 6.07) is 4.01. The number of morpholine rings is 1. The largest absolute Gasteiger partial charge is 0.496 e. The third kappa shape index (κ3) is 5.78. The lowest BCUT2D eigenvalue weighted by molar-refractivity contribution is -0.122. The molecule has 1 saturated heterocycles. The highest BCUT2D eigenvalue weighted by Gasteiger charge is 2.24. The van der Waals surface area contributed by atoms with Crippen LogP contribution < -0.4 is 4.74 Å². The van der Waals surface area contributed by atoms with Gasteiger partial charge in [-0.1, -0.05) is 0 Å². The van der Waals surface area contributed by atoms with E-state index in [0.29, 0.717) is 32.8 Å². The average Bonchev–Trinajstić information content (AvgIpc) is 3.17. The van der Waals surface area contributed by atoms with E-state index < -0.39 is 10.0 Å². The summed E-state index contributed by atoms with van der Waals surface area (Å²) in [4.78, 5) is 12.8. The van der Waals surface area contributed by atoms with E-state index in [1.807, 2.05) is 36.7 Å². The van der Waals surface area contributed by atoms with Crippen molar-refractivity contribution in [3.8, 4) is 17.1 Å². The molecule has 1 aromatic carbocycles. The third-order valence-corrected chi connectivity index (χ3v) is 6.50. The molecular formula is C19H27N3O6S. The fourth-order valence-electron chi connectivity index (χ4n) is 3.15. The Labute approximate surface area is 170 Å². The minimum atomic E-state index is -3.30. The lowest BCUT2D eigenvalue weighted by Crippen LogP contribution is -2.42. The van der Waals surface area contributed by atoms with E-state index in [9.17, 15) is 8.42 Å². The topological polar surface area (TPSA) is 111 Å². The Morgan fingerprint density at radius 1 is 1.24 bits per heavy atom. The Hall–Kier alpha value is -2.43. The van der Waals surface area contributed by atoms with E-state index in [1.54, 1.807) is 13.3 Å². The van der Waals surface area contributed by atoms with Gasteiger partial charge >= 0.3 is 0 Å². The van der Waals surface area contributed by atoms with Gasteiger partial charge in [0, 0.05) is 37.6 Å².